The molecule has 0 aliphatic carbocycles. The van der Waals surface area contributed by atoms with Crippen molar-refractivity contribution >= 4 is 9.84 Å². The Balaban J connectivity index is 2.77. The lowest BCUT2D eigenvalue weighted by Crippen LogP contribution is -2.43. The Hall–Kier alpha value is -0.560. The van der Waals surface area contributed by atoms with Gasteiger partial charge in [-0.2, -0.15) is 5.26 Å². The maximum atomic E-state index is 11.2. The van der Waals surface area contributed by atoms with Crippen molar-refractivity contribution in [3.8, 4) is 6.07 Å². The molecule has 1 saturated heterocycles. The van der Waals surface area contributed by atoms with Gasteiger partial charge in [0.15, 0.2) is 9.84 Å². The number of hydrogen-bond acceptors (Lipinski definition) is 3. The van der Waals surface area contributed by atoms with Gasteiger partial charge in [0.25, 0.3) is 0 Å². The summed E-state index contributed by atoms with van der Waals surface area (Å²) in [6.45, 7) is 3.78. The van der Waals surface area contributed by atoms with E-state index in [1.54, 1.807) is 0 Å². The highest BCUT2D eigenvalue weighted by Gasteiger charge is 2.42. The standard InChI is InChI=1S/C8H13NO2S/c1-6(2)7(5-9)8-3-4-12(8,10)11/h6-8H,3-4H2,1-2H3. The zero-order valence-corrected chi connectivity index (χ0v) is 8.13. The van der Waals surface area contributed by atoms with Crippen molar-refractivity contribution in [3.05, 3.63) is 0 Å². The summed E-state index contributed by atoms with van der Waals surface area (Å²) in [6.07, 6.45) is 0.665. The van der Waals surface area contributed by atoms with Crippen LogP contribution in [0.5, 0.6) is 0 Å². The van der Waals surface area contributed by atoms with Gasteiger partial charge in [0.2, 0.25) is 0 Å². The SMILES string of the molecule is CC(C)C(C#N)C1CCS1(=O)=O. The van der Waals surface area contributed by atoms with Gasteiger partial charge >= 0.3 is 0 Å². The van der Waals surface area contributed by atoms with Crippen LogP contribution in [0.3, 0.4) is 0 Å². The topological polar surface area (TPSA) is 57.9 Å². The quantitative estimate of drug-likeness (QED) is 0.647. The van der Waals surface area contributed by atoms with Gasteiger partial charge in [-0.05, 0) is 12.3 Å². The lowest BCUT2D eigenvalue weighted by molar-refractivity contribution is 0.412. The largest absolute Gasteiger partial charge is 0.229 e. The van der Waals surface area contributed by atoms with E-state index >= 15 is 0 Å². The van der Waals surface area contributed by atoms with Crippen molar-refractivity contribution in [2.75, 3.05) is 5.75 Å². The van der Waals surface area contributed by atoms with Crippen molar-refractivity contribution in [3.63, 3.8) is 0 Å². The van der Waals surface area contributed by atoms with E-state index in [0.29, 0.717) is 6.42 Å². The van der Waals surface area contributed by atoms with Gasteiger partial charge < -0.3 is 0 Å². The van der Waals surface area contributed by atoms with Crippen molar-refractivity contribution in [1.82, 2.24) is 0 Å². The first kappa shape index (κ1) is 9.53. The third-order valence-corrected chi connectivity index (χ3v) is 4.67. The molecule has 68 valence electrons. The molecule has 1 aliphatic rings. The molecule has 0 aromatic heterocycles. The summed E-state index contributed by atoms with van der Waals surface area (Å²) in [7, 11) is -2.90. The molecule has 0 saturated carbocycles. The van der Waals surface area contributed by atoms with E-state index in [1.165, 1.54) is 0 Å². The minimum Gasteiger partial charge on any atom is -0.229 e. The first-order valence-corrected chi connectivity index (χ1v) is 5.82. The zero-order valence-electron chi connectivity index (χ0n) is 7.32. The van der Waals surface area contributed by atoms with Crippen LogP contribution in [0.25, 0.3) is 0 Å². The Morgan fingerprint density at radius 1 is 1.50 bits per heavy atom. The molecule has 2 unspecified atom stereocenters. The van der Waals surface area contributed by atoms with Gasteiger partial charge in [0, 0.05) is 0 Å². The molecule has 12 heavy (non-hydrogen) atoms. The molecule has 1 heterocycles. The lowest BCUT2D eigenvalue weighted by atomic mass is 9.92. The van der Waals surface area contributed by atoms with E-state index in [4.69, 9.17) is 5.26 Å². The molecular formula is C8H13NO2S. The second-order valence-corrected chi connectivity index (χ2v) is 5.93. The summed E-state index contributed by atoms with van der Waals surface area (Å²) in [5.74, 6) is 0.0848. The molecule has 0 amide bonds. The van der Waals surface area contributed by atoms with E-state index in [2.05, 4.69) is 6.07 Å². The molecule has 0 bridgehead atoms. The minimum atomic E-state index is -2.90. The molecule has 0 N–H and O–H groups in total. The Labute approximate surface area is 73.3 Å². The Morgan fingerprint density at radius 2 is 2.08 bits per heavy atom. The fourth-order valence-corrected chi connectivity index (χ4v) is 3.23. The van der Waals surface area contributed by atoms with Crippen LogP contribution in [-0.2, 0) is 9.84 Å². The van der Waals surface area contributed by atoms with Crippen LogP contribution in [-0.4, -0.2) is 19.4 Å². The van der Waals surface area contributed by atoms with Crippen LogP contribution in [0.4, 0.5) is 0 Å². The molecule has 0 spiro atoms. The maximum absolute atomic E-state index is 11.2. The summed E-state index contributed by atoms with van der Waals surface area (Å²) in [5, 5.41) is 8.36. The van der Waals surface area contributed by atoms with Gasteiger partial charge in [-0.25, -0.2) is 8.42 Å². The molecule has 1 fully saturated rings. The molecule has 3 nitrogen and oxygen atoms in total. The first-order valence-electron chi connectivity index (χ1n) is 4.10. The Morgan fingerprint density at radius 3 is 2.17 bits per heavy atom. The molecule has 1 aliphatic heterocycles. The van der Waals surface area contributed by atoms with Crippen molar-refractivity contribution in [1.29, 1.82) is 5.26 Å². The fourth-order valence-electron chi connectivity index (χ4n) is 1.51. The van der Waals surface area contributed by atoms with Crippen molar-refractivity contribution in [2.45, 2.75) is 25.5 Å². The van der Waals surface area contributed by atoms with Gasteiger partial charge in [0.1, 0.15) is 0 Å². The monoisotopic (exact) mass is 187 g/mol. The van der Waals surface area contributed by atoms with E-state index in [9.17, 15) is 8.42 Å². The maximum Gasteiger partial charge on any atom is 0.154 e. The lowest BCUT2D eigenvalue weighted by Gasteiger charge is -2.31. The number of hydrogen-bond donors (Lipinski definition) is 0. The highest BCUT2D eigenvalue weighted by Crippen LogP contribution is 2.31. The van der Waals surface area contributed by atoms with Crippen LogP contribution >= 0.6 is 0 Å². The minimum absolute atomic E-state index is 0.134. The zero-order chi connectivity index (χ0) is 9.35. The van der Waals surface area contributed by atoms with Crippen molar-refractivity contribution < 1.29 is 8.42 Å². The van der Waals surface area contributed by atoms with E-state index in [-0.39, 0.29) is 22.8 Å². The average Bonchev–Trinajstić information content (AvgIpc) is 1.97. The van der Waals surface area contributed by atoms with E-state index in [0.717, 1.165) is 0 Å². The highest BCUT2D eigenvalue weighted by molar-refractivity contribution is 7.93. The second-order valence-electron chi connectivity index (χ2n) is 3.59. The predicted molar refractivity (Wildman–Crippen MR) is 46.1 cm³/mol. The molecule has 0 radical (unpaired) electrons. The predicted octanol–water partition coefficient (Wildman–Crippen LogP) is 0.969. The van der Waals surface area contributed by atoms with Crippen LogP contribution in [0.1, 0.15) is 20.3 Å². The summed E-state index contributed by atoms with van der Waals surface area (Å²) in [5.41, 5.74) is 0. The summed E-state index contributed by atoms with van der Waals surface area (Å²) >= 11 is 0. The van der Waals surface area contributed by atoms with Crippen LogP contribution in [0.15, 0.2) is 0 Å². The first-order chi connectivity index (χ1) is 5.49. The number of sulfone groups is 1. The smallest absolute Gasteiger partial charge is 0.154 e. The van der Waals surface area contributed by atoms with Gasteiger partial charge in [-0.1, -0.05) is 13.8 Å². The van der Waals surface area contributed by atoms with Gasteiger partial charge in [-0.15, -0.1) is 0 Å². The van der Waals surface area contributed by atoms with Crippen LogP contribution in [0, 0.1) is 23.2 Å². The third-order valence-electron chi connectivity index (χ3n) is 2.42. The molecule has 4 heteroatoms. The highest BCUT2D eigenvalue weighted by atomic mass is 32.2. The molecule has 2 atom stereocenters. The van der Waals surface area contributed by atoms with E-state index in [1.807, 2.05) is 13.8 Å². The van der Waals surface area contributed by atoms with Crippen LogP contribution < -0.4 is 0 Å². The summed E-state index contributed by atoms with van der Waals surface area (Å²) in [6, 6.07) is 2.08. The third kappa shape index (κ3) is 1.46. The summed E-state index contributed by atoms with van der Waals surface area (Å²) < 4.78 is 22.3. The molecular weight excluding hydrogens is 174 g/mol. The number of nitriles is 1. The summed E-state index contributed by atoms with van der Waals surface area (Å²) in [4.78, 5) is 0. The second kappa shape index (κ2) is 3.06. The normalized spacial score (nSPS) is 29.0. The number of nitrogens with zero attached hydrogens (tertiary/aromatic N) is 1. The van der Waals surface area contributed by atoms with Gasteiger partial charge in [0.05, 0.1) is 23.0 Å². The fraction of sp³-hybridized carbons (Fsp3) is 0.875. The number of rotatable bonds is 2. The molecule has 1 rings (SSSR count). The molecule has 0 aromatic carbocycles. The van der Waals surface area contributed by atoms with Crippen LogP contribution in [0.2, 0.25) is 0 Å². The van der Waals surface area contributed by atoms with E-state index < -0.39 is 9.84 Å². The average molecular weight is 187 g/mol. The van der Waals surface area contributed by atoms with Crippen molar-refractivity contribution in [2.24, 2.45) is 11.8 Å². The Bertz CT molecular complexity index is 300. The Kier molecular flexibility index (Phi) is 2.43. The van der Waals surface area contributed by atoms with Gasteiger partial charge in [-0.3, -0.25) is 0 Å². The molecule has 0 aromatic rings.